The van der Waals surface area contributed by atoms with Crippen LogP contribution in [0.4, 0.5) is 11.4 Å². The summed E-state index contributed by atoms with van der Waals surface area (Å²) in [5.74, 6) is -0.0443. The molecule has 0 saturated carbocycles. The van der Waals surface area contributed by atoms with Gasteiger partial charge in [0.15, 0.2) is 0 Å². The van der Waals surface area contributed by atoms with Gasteiger partial charge in [-0.1, -0.05) is 35.9 Å². The van der Waals surface area contributed by atoms with Gasteiger partial charge in [0.25, 0.3) is 0 Å². The number of amides is 1. The predicted octanol–water partition coefficient (Wildman–Crippen LogP) is 3.74. The number of carbonyl (C=O) groups excluding carboxylic acids is 1. The molecule has 104 valence electrons. The number of para-hydroxylation sites is 1. The molecule has 0 spiro atoms. The largest absolute Gasteiger partial charge is 0.374 e. The zero-order valence-corrected chi connectivity index (χ0v) is 12.1. The van der Waals surface area contributed by atoms with Crippen molar-refractivity contribution in [2.75, 3.05) is 10.6 Å². The first-order chi connectivity index (χ1) is 9.56. The molecule has 2 aromatic rings. The smallest absolute Gasteiger partial charge is 0.246 e. The van der Waals surface area contributed by atoms with Gasteiger partial charge in [-0.15, -0.1) is 0 Å². The highest BCUT2D eigenvalue weighted by Gasteiger charge is 2.13. The van der Waals surface area contributed by atoms with E-state index in [9.17, 15) is 4.79 Å². The van der Waals surface area contributed by atoms with Gasteiger partial charge in [0.05, 0.1) is 0 Å². The lowest BCUT2D eigenvalue weighted by Crippen LogP contribution is -2.32. The fourth-order valence-electron chi connectivity index (χ4n) is 1.92. The average Bonchev–Trinajstić information content (AvgIpc) is 2.44. The first kappa shape index (κ1) is 14.1. The van der Waals surface area contributed by atoms with Crippen LogP contribution in [0.25, 0.3) is 0 Å². The zero-order valence-electron chi connectivity index (χ0n) is 12.1. The van der Waals surface area contributed by atoms with Crippen LogP contribution in [0.15, 0.2) is 48.5 Å². The fourth-order valence-corrected chi connectivity index (χ4v) is 1.92. The van der Waals surface area contributed by atoms with Crippen LogP contribution in [-0.2, 0) is 4.79 Å². The summed E-state index contributed by atoms with van der Waals surface area (Å²) < 4.78 is 0. The fraction of sp³-hybridized carbons (Fsp3) is 0.235. The van der Waals surface area contributed by atoms with Crippen molar-refractivity contribution in [2.45, 2.75) is 26.8 Å². The van der Waals surface area contributed by atoms with E-state index >= 15 is 0 Å². The summed E-state index contributed by atoms with van der Waals surface area (Å²) in [6, 6.07) is 15.4. The lowest BCUT2D eigenvalue weighted by Gasteiger charge is -2.16. The maximum absolute atomic E-state index is 12.1. The molecule has 2 rings (SSSR count). The second kappa shape index (κ2) is 6.24. The monoisotopic (exact) mass is 268 g/mol. The van der Waals surface area contributed by atoms with E-state index in [1.165, 1.54) is 5.56 Å². The molecule has 0 aliphatic carbocycles. The minimum Gasteiger partial charge on any atom is -0.374 e. The normalized spacial score (nSPS) is 11.8. The maximum atomic E-state index is 12.1. The van der Waals surface area contributed by atoms with E-state index in [2.05, 4.69) is 10.6 Å². The molecule has 0 bridgehead atoms. The van der Waals surface area contributed by atoms with Crippen molar-refractivity contribution in [3.05, 3.63) is 59.7 Å². The number of nitrogens with one attached hydrogen (secondary N) is 2. The van der Waals surface area contributed by atoms with Gasteiger partial charge in [-0.2, -0.15) is 0 Å². The van der Waals surface area contributed by atoms with Gasteiger partial charge >= 0.3 is 0 Å². The maximum Gasteiger partial charge on any atom is 0.246 e. The van der Waals surface area contributed by atoms with Crippen molar-refractivity contribution in [1.29, 1.82) is 0 Å². The van der Waals surface area contributed by atoms with Gasteiger partial charge in [0.2, 0.25) is 5.91 Å². The number of carbonyl (C=O) groups is 1. The summed E-state index contributed by atoms with van der Waals surface area (Å²) in [6.45, 7) is 5.90. The molecule has 20 heavy (non-hydrogen) atoms. The first-order valence-electron chi connectivity index (χ1n) is 6.76. The SMILES string of the molecule is Cc1ccc(NC(=O)[C@H](C)Nc2ccccc2C)cc1. The Kier molecular flexibility index (Phi) is 4.41. The molecule has 0 unspecified atom stereocenters. The highest BCUT2D eigenvalue weighted by Crippen LogP contribution is 2.15. The predicted molar refractivity (Wildman–Crippen MR) is 84.1 cm³/mol. The van der Waals surface area contributed by atoms with E-state index in [0.717, 1.165) is 16.9 Å². The summed E-state index contributed by atoms with van der Waals surface area (Å²) in [5, 5.41) is 6.14. The summed E-state index contributed by atoms with van der Waals surface area (Å²) in [5.41, 5.74) is 4.11. The Morgan fingerprint density at radius 3 is 2.30 bits per heavy atom. The Balaban J connectivity index is 1.99. The molecule has 2 aromatic carbocycles. The van der Waals surface area contributed by atoms with Crippen molar-refractivity contribution in [3.63, 3.8) is 0 Å². The molecule has 0 saturated heterocycles. The standard InChI is InChI=1S/C17H20N2O/c1-12-8-10-15(11-9-12)19-17(20)14(3)18-16-7-5-4-6-13(16)2/h4-11,14,18H,1-3H3,(H,19,20)/t14-/m0/s1. The third-order valence-electron chi connectivity index (χ3n) is 3.23. The van der Waals surface area contributed by atoms with E-state index in [-0.39, 0.29) is 11.9 Å². The van der Waals surface area contributed by atoms with E-state index in [4.69, 9.17) is 0 Å². The van der Waals surface area contributed by atoms with E-state index < -0.39 is 0 Å². The Labute approximate surface area is 120 Å². The Morgan fingerprint density at radius 2 is 1.65 bits per heavy atom. The Hall–Kier alpha value is -2.29. The number of hydrogen-bond acceptors (Lipinski definition) is 2. The molecule has 2 N–H and O–H groups in total. The highest BCUT2D eigenvalue weighted by atomic mass is 16.2. The van der Waals surface area contributed by atoms with Crippen molar-refractivity contribution < 1.29 is 4.79 Å². The van der Waals surface area contributed by atoms with Crippen LogP contribution < -0.4 is 10.6 Å². The van der Waals surface area contributed by atoms with E-state index in [1.54, 1.807) is 0 Å². The third-order valence-corrected chi connectivity index (χ3v) is 3.23. The van der Waals surface area contributed by atoms with Crippen LogP contribution in [-0.4, -0.2) is 11.9 Å². The number of benzene rings is 2. The van der Waals surface area contributed by atoms with Crippen molar-refractivity contribution in [3.8, 4) is 0 Å². The molecular formula is C17H20N2O. The Bertz CT molecular complexity index is 590. The van der Waals surface area contributed by atoms with Crippen LogP contribution in [0.2, 0.25) is 0 Å². The Morgan fingerprint density at radius 1 is 1.00 bits per heavy atom. The molecule has 0 radical (unpaired) electrons. The molecule has 1 atom stereocenters. The molecule has 3 nitrogen and oxygen atoms in total. The van der Waals surface area contributed by atoms with Gasteiger partial charge in [-0.05, 0) is 44.5 Å². The lowest BCUT2D eigenvalue weighted by atomic mass is 10.1. The number of anilines is 2. The minimum absolute atomic E-state index is 0.0443. The molecule has 0 aliphatic heterocycles. The van der Waals surface area contributed by atoms with Gasteiger partial charge in [0, 0.05) is 11.4 Å². The van der Waals surface area contributed by atoms with Crippen LogP contribution in [0.5, 0.6) is 0 Å². The highest BCUT2D eigenvalue weighted by molar-refractivity contribution is 5.96. The molecule has 0 aliphatic rings. The van der Waals surface area contributed by atoms with Gasteiger partial charge in [-0.3, -0.25) is 4.79 Å². The second-order valence-corrected chi connectivity index (χ2v) is 5.04. The summed E-state index contributed by atoms with van der Waals surface area (Å²) in [7, 11) is 0. The molecule has 0 aromatic heterocycles. The average molecular weight is 268 g/mol. The van der Waals surface area contributed by atoms with Crippen LogP contribution in [0.3, 0.4) is 0 Å². The van der Waals surface area contributed by atoms with Crippen LogP contribution in [0, 0.1) is 13.8 Å². The minimum atomic E-state index is -0.294. The topological polar surface area (TPSA) is 41.1 Å². The number of aryl methyl sites for hydroxylation is 2. The third kappa shape index (κ3) is 3.60. The summed E-state index contributed by atoms with van der Waals surface area (Å²) >= 11 is 0. The number of hydrogen-bond donors (Lipinski definition) is 2. The molecular weight excluding hydrogens is 248 g/mol. The molecule has 1 amide bonds. The zero-order chi connectivity index (χ0) is 14.5. The number of rotatable bonds is 4. The van der Waals surface area contributed by atoms with E-state index in [0.29, 0.717) is 0 Å². The molecule has 0 fully saturated rings. The quantitative estimate of drug-likeness (QED) is 0.886. The van der Waals surface area contributed by atoms with Crippen molar-refractivity contribution in [2.24, 2.45) is 0 Å². The van der Waals surface area contributed by atoms with E-state index in [1.807, 2.05) is 69.3 Å². The summed E-state index contributed by atoms with van der Waals surface area (Å²) in [4.78, 5) is 12.1. The molecule has 0 heterocycles. The van der Waals surface area contributed by atoms with Crippen molar-refractivity contribution >= 4 is 17.3 Å². The summed E-state index contributed by atoms with van der Waals surface area (Å²) in [6.07, 6.45) is 0. The second-order valence-electron chi connectivity index (χ2n) is 5.04. The van der Waals surface area contributed by atoms with Gasteiger partial charge in [-0.25, -0.2) is 0 Å². The van der Waals surface area contributed by atoms with Crippen molar-refractivity contribution in [1.82, 2.24) is 0 Å². The van der Waals surface area contributed by atoms with Crippen LogP contribution >= 0.6 is 0 Å². The molecule has 3 heteroatoms. The van der Waals surface area contributed by atoms with Crippen LogP contribution in [0.1, 0.15) is 18.1 Å². The first-order valence-corrected chi connectivity index (χ1v) is 6.76. The van der Waals surface area contributed by atoms with Gasteiger partial charge < -0.3 is 10.6 Å². The van der Waals surface area contributed by atoms with Gasteiger partial charge in [0.1, 0.15) is 6.04 Å². The lowest BCUT2D eigenvalue weighted by molar-refractivity contribution is -0.116.